The first-order valence-corrected chi connectivity index (χ1v) is 9.42. The zero-order chi connectivity index (χ0) is 20.2. The lowest BCUT2D eigenvalue weighted by Crippen LogP contribution is -2.20. The van der Waals surface area contributed by atoms with E-state index >= 15 is 0 Å². The predicted molar refractivity (Wildman–Crippen MR) is 114 cm³/mol. The molecule has 2 amide bonds. The van der Waals surface area contributed by atoms with Gasteiger partial charge in [-0.25, -0.2) is 14.2 Å². The molecule has 4 rings (SSSR count). The Kier molecular flexibility index (Phi) is 5.24. The number of hydrogen-bond acceptors (Lipinski definition) is 2. The highest BCUT2D eigenvalue weighted by Crippen LogP contribution is 2.17. The van der Waals surface area contributed by atoms with E-state index in [1.54, 1.807) is 12.1 Å². The molecule has 0 aliphatic rings. The first-order chi connectivity index (χ1) is 14.1. The third-order valence-corrected chi connectivity index (χ3v) is 4.85. The second-order valence-corrected chi connectivity index (χ2v) is 6.83. The van der Waals surface area contributed by atoms with Crippen LogP contribution in [0.5, 0.6) is 0 Å². The summed E-state index contributed by atoms with van der Waals surface area (Å²) in [5.41, 5.74) is 4.07. The maximum atomic E-state index is 13.6. The van der Waals surface area contributed by atoms with Crippen molar-refractivity contribution >= 4 is 28.4 Å². The van der Waals surface area contributed by atoms with Crippen LogP contribution < -0.4 is 10.6 Å². The topological polar surface area (TPSA) is 59.0 Å². The van der Waals surface area contributed by atoms with E-state index in [1.165, 1.54) is 12.1 Å². The lowest BCUT2D eigenvalue weighted by Gasteiger charge is -2.09. The number of fused-ring (bicyclic) bond motifs is 1. The molecule has 0 saturated heterocycles. The van der Waals surface area contributed by atoms with E-state index in [0.29, 0.717) is 5.69 Å². The molecule has 6 heteroatoms. The maximum absolute atomic E-state index is 13.6. The first kappa shape index (κ1) is 18.7. The maximum Gasteiger partial charge on any atom is 0.323 e. The number of anilines is 2. The molecule has 1 heterocycles. The van der Waals surface area contributed by atoms with E-state index in [1.807, 2.05) is 49.5 Å². The van der Waals surface area contributed by atoms with Gasteiger partial charge in [0.25, 0.3) is 0 Å². The smallest absolute Gasteiger partial charge is 0.323 e. The van der Waals surface area contributed by atoms with Gasteiger partial charge in [-0.2, -0.15) is 0 Å². The summed E-state index contributed by atoms with van der Waals surface area (Å²) in [6.07, 6.45) is 1.67. The van der Waals surface area contributed by atoms with Crippen LogP contribution in [-0.4, -0.2) is 15.6 Å². The summed E-state index contributed by atoms with van der Waals surface area (Å²) in [4.78, 5) is 16.8. The quantitative estimate of drug-likeness (QED) is 0.497. The lowest BCUT2D eigenvalue weighted by molar-refractivity contribution is 0.262. The van der Waals surface area contributed by atoms with Gasteiger partial charge in [-0.1, -0.05) is 36.4 Å². The molecule has 0 spiro atoms. The molecule has 3 aromatic carbocycles. The minimum absolute atomic E-state index is 0.143. The number of rotatable bonds is 5. The Labute approximate surface area is 168 Å². The Morgan fingerprint density at radius 3 is 2.41 bits per heavy atom. The van der Waals surface area contributed by atoms with Crippen molar-refractivity contribution < 1.29 is 9.18 Å². The second kappa shape index (κ2) is 8.14. The average Bonchev–Trinajstić information content (AvgIpc) is 3.05. The Hall–Kier alpha value is -3.67. The van der Waals surface area contributed by atoms with E-state index in [2.05, 4.69) is 21.3 Å². The van der Waals surface area contributed by atoms with Gasteiger partial charge in [0.2, 0.25) is 0 Å². The van der Waals surface area contributed by atoms with E-state index in [-0.39, 0.29) is 5.69 Å². The van der Waals surface area contributed by atoms with Crippen molar-refractivity contribution in [3.63, 3.8) is 0 Å². The van der Waals surface area contributed by atoms with Crippen LogP contribution in [-0.2, 0) is 19.9 Å². The van der Waals surface area contributed by atoms with Crippen LogP contribution in [0, 0.1) is 5.82 Å². The van der Waals surface area contributed by atoms with Crippen LogP contribution in [0.2, 0.25) is 0 Å². The third kappa shape index (κ3) is 4.27. The van der Waals surface area contributed by atoms with E-state index in [9.17, 15) is 9.18 Å². The summed E-state index contributed by atoms with van der Waals surface area (Å²) in [5.74, 6) is 0.567. The normalized spacial score (nSPS) is 10.8. The van der Waals surface area contributed by atoms with E-state index in [4.69, 9.17) is 4.98 Å². The van der Waals surface area contributed by atoms with Crippen molar-refractivity contribution in [3.8, 4) is 0 Å². The summed E-state index contributed by atoms with van der Waals surface area (Å²) in [6, 6.07) is 21.3. The van der Waals surface area contributed by atoms with Gasteiger partial charge >= 0.3 is 6.03 Å². The number of aryl methyl sites for hydroxylation is 3. The SMILES string of the molecule is Cn1c(CCc2ccc(NC(=O)Nc3ccccc3F)cc2)nc2ccccc21. The fourth-order valence-corrected chi connectivity index (χ4v) is 3.28. The summed E-state index contributed by atoms with van der Waals surface area (Å²) in [5, 5.41) is 5.22. The number of carbonyl (C=O) groups excluding carboxylic acids is 1. The number of para-hydroxylation sites is 3. The Balaban J connectivity index is 1.36. The highest BCUT2D eigenvalue weighted by atomic mass is 19.1. The van der Waals surface area contributed by atoms with Gasteiger partial charge in [-0.15, -0.1) is 0 Å². The molecule has 0 aliphatic carbocycles. The van der Waals surface area contributed by atoms with Crippen LogP contribution in [0.1, 0.15) is 11.4 Å². The number of nitrogens with zero attached hydrogens (tertiary/aromatic N) is 2. The summed E-state index contributed by atoms with van der Waals surface area (Å²) in [7, 11) is 2.03. The molecule has 0 radical (unpaired) electrons. The largest absolute Gasteiger partial charge is 0.331 e. The molecule has 5 nitrogen and oxygen atoms in total. The van der Waals surface area contributed by atoms with Gasteiger partial charge in [0.05, 0.1) is 16.7 Å². The molecule has 0 bridgehead atoms. The zero-order valence-electron chi connectivity index (χ0n) is 16.0. The molecule has 29 heavy (non-hydrogen) atoms. The van der Waals surface area contributed by atoms with Crippen molar-refractivity contribution in [2.24, 2.45) is 7.05 Å². The molecule has 2 N–H and O–H groups in total. The van der Waals surface area contributed by atoms with Crippen molar-refractivity contribution in [2.45, 2.75) is 12.8 Å². The van der Waals surface area contributed by atoms with Crippen LogP contribution in [0.15, 0.2) is 72.8 Å². The minimum atomic E-state index is -0.484. The standard InChI is InChI=1S/C23H21FN4O/c1-28-21-9-5-4-8-20(21)26-22(28)15-12-16-10-13-17(14-11-16)25-23(29)27-19-7-3-2-6-18(19)24/h2-11,13-14H,12,15H2,1H3,(H2,25,27,29). The number of aromatic nitrogens is 2. The fourth-order valence-electron chi connectivity index (χ4n) is 3.28. The molecule has 4 aromatic rings. The second-order valence-electron chi connectivity index (χ2n) is 6.83. The third-order valence-electron chi connectivity index (χ3n) is 4.85. The molecular formula is C23H21FN4O. The van der Waals surface area contributed by atoms with Crippen LogP contribution in [0.25, 0.3) is 11.0 Å². The van der Waals surface area contributed by atoms with Gasteiger partial charge in [0.15, 0.2) is 0 Å². The number of nitrogens with one attached hydrogen (secondary N) is 2. The Morgan fingerprint density at radius 1 is 0.931 bits per heavy atom. The average molecular weight is 388 g/mol. The van der Waals surface area contributed by atoms with Gasteiger partial charge < -0.3 is 15.2 Å². The molecule has 0 fully saturated rings. The van der Waals surface area contributed by atoms with Crippen molar-refractivity contribution in [1.29, 1.82) is 0 Å². The van der Waals surface area contributed by atoms with Crippen LogP contribution in [0.4, 0.5) is 20.6 Å². The number of halogens is 1. The number of hydrogen-bond donors (Lipinski definition) is 2. The molecule has 0 saturated carbocycles. The number of imidazole rings is 1. The predicted octanol–water partition coefficient (Wildman–Crippen LogP) is 5.14. The minimum Gasteiger partial charge on any atom is -0.331 e. The van der Waals surface area contributed by atoms with E-state index < -0.39 is 11.8 Å². The van der Waals surface area contributed by atoms with Crippen molar-refractivity contribution in [2.75, 3.05) is 10.6 Å². The van der Waals surface area contributed by atoms with Crippen molar-refractivity contribution in [1.82, 2.24) is 9.55 Å². The fraction of sp³-hybridized carbons (Fsp3) is 0.130. The highest BCUT2D eigenvalue weighted by molar-refractivity contribution is 5.99. The van der Waals surface area contributed by atoms with Crippen LogP contribution >= 0.6 is 0 Å². The Bertz CT molecular complexity index is 1150. The molecule has 146 valence electrons. The number of benzene rings is 3. The summed E-state index contributed by atoms with van der Waals surface area (Å²) in [6.45, 7) is 0. The van der Waals surface area contributed by atoms with Crippen molar-refractivity contribution in [3.05, 3.63) is 90.0 Å². The van der Waals surface area contributed by atoms with Gasteiger partial charge in [0.1, 0.15) is 11.6 Å². The first-order valence-electron chi connectivity index (χ1n) is 9.42. The van der Waals surface area contributed by atoms with Gasteiger partial charge in [-0.3, -0.25) is 0 Å². The van der Waals surface area contributed by atoms with Crippen LogP contribution in [0.3, 0.4) is 0 Å². The number of urea groups is 1. The summed E-state index contributed by atoms with van der Waals surface area (Å²) < 4.78 is 15.7. The number of amides is 2. The Morgan fingerprint density at radius 2 is 1.66 bits per heavy atom. The zero-order valence-corrected chi connectivity index (χ0v) is 16.0. The molecule has 0 aliphatic heterocycles. The lowest BCUT2D eigenvalue weighted by atomic mass is 10.1. The summed E-state index contributed by atoms with van der Waals surface area (Å²) >= 11 is 0. The number of carbonyl (C=O) groups is 1. The molecule has 1 aromatic heterocycles. The molecule has 0 unspecified atom stereocenters. The molecular weight excluding hydrogens is 367 g/mol. The van der Waals surface area contributed by atoms with E-state index in [0.717, 1.165) is 35.3 Å². The molecule has 0 atom stereocenters. The van der Waals surface area contributed by atoms with Gasteiger partial charge in [0, 0.05) is 19.2 Å². The highest BCUT2D eigenvalue weighted by Gasteiger charge is 2.08. The van der Waals surface area contributed by atoms with Gasteiger partial charge in [-0.05, 0) is 48.4 Å². The monoisotopic (exact) mass is 388 g/mol.